The second-order valence-corrected chi connectivity index (χ2v) is 4.61. The first-order valence-electron chi connectivity index (χ1n) is 5.54. The molecule has 1 N–H and O–H groups in total. The van der Waals surface area contributed by atoms with Crippen LogP contribution in [-0.2, 0) is 16.1 Å². The van der Waals surface area contributed by atoms with Crippen molar-refractivity contribution < 1.29 is 9.53 Å². The number of aryl methyl sites for hydroxylation is 1. The molecule has 1 aromatic rings. The van der Waals surface area contributed by atoms with Crippen LogP contribution < -0.4 is 5.32 Å². The Hall–Kier alpha value is -0.870. The van der Waals surface area contributed by atoms with Crippen molar-refractivity contribution >= 4 is 17.3 Å². The molecule has 1 heterocycles. The van der Waals surface area contributed by atoms with Crippen LogP contribution in [0.1, 0.15) is 25.0 Å². The highest BCUT2D eigenvalue weighted by atomic mass is 32.1. The summed E-state index contributed by atoms with van der Waals surface area (Å²) in [5, 5.41) is 7.54. The molecule has 0 radical (unpaired) electrons. The average Bonchev–Trinajstić information content (AvgIpc) is 2.65. The fourth-order valence-corrected chi connectivity index (χ4v) is 2.22. The van der Waals surface area contributed by atoms with Gasteiger partial charge in [-0.05, 0) is 35.7 Å². The van der Waals surface area contributed by atoms with Crippen LogP contribution >= 0.6 is 11.3 Å². The Balaban J connectivity index is 2.25. The van der Waals surface area contributed by atoms with Gasteiger partial charge < -0.3 is 10.1 Å². The fourth-order valence-electron chi connectivity index (χ4n) is 1.36. The van der Waals surface area contributed by atoms with Crippen molar-refractivity contribution in [3.63, 3.8) is 0 Å². The second-order valence-electron chi connectivity index (χ2n) is 3.86. The van der Waals surface area contributed by atoms with Crippen LogP contribution in [0.15, 0.2) is 10.8 Å². The van der Waals surface area contributed by atoms with E-state index in [-0.39, 0.29) is 11.9 Å². The van der Waals surface area contributed by atoms with Gasteiger partial charge in [-0.25, -0.2) is 0 Å². The molecule has 0 amide bonds. The third-order valence-electron chi connectivity index (χ3n) is 2.42. The lowest BCUT2D eigenvalue weighted by atomic mass is 10.1. The van der Waals surface area contributed by atoms with Crippen LogP contribution in [-0.4, -0.2) is 19.1 Å². The van der Waals surface area contributed by atoms with E-state index in [1.54, 1.807) is 11.3 Å². The SMILES string of the molecule is CCOC(=O)C(C)CNCc1cscc1C. The zero-order valence-corrected chi connectivity index (χ0v) is 10.9. The van der Waals surface area contributed by atoms with Crippen LogP contribution in [0.4, 0.5) is 0 Å². The predicted octanol–water partition coefficient (Wildman–Crippen LogP) is 2.35. The van der Waals surface area contributed by atoms with E-state index in [1.807, 2.05) is 13.8 Å². The molecule has 16 heavy (non-hydrogen) atoms. The van der Waals surface area contributed by atoms with Crippen LogP contribution in [0.25, 0.3) is 0 Å². The van der Waals surface area contributed by atoms with E-state index < -0.39 is 0 Å². The number of rotatable bonds is 6. The first kappa shape index (κ1) is 13.2. The molecule has 1 rings (SSSR count). The van der Waals surface area contributed by atoms with E-state index in [2.05, 4.69) is 23.0 Å². The van der Waals surface area contributed by atoms with Crippen LogP contribution in [0.5, 0.6) is 0 Å². The summed E-state index contributed by atoms with van der Waals surface area (Å²) in [6.07, 6.45) is 0. The Morgan fingerprint density at radius 2 is 2.31 bits per heavy atom. The molecular weight excluding hydrogens is 222 g/mol. The molecule has 0 aliphatic heterocycles. The van der Waals surface area contributed by atoms with E-state index in [1.165, 1.54) is 11.1 Å². The predicted molar refractivity (Wildman–Crippen MR) is 66.6 cm³/mol. The van der Waals surface area contributed by atoms with Gasteiger partial charge in [-0.1, -0.05) is 6.92 Å². The average molecular weight is 241 g/mol. The van der Waals surface area contributed by atoms with Gasteiger partial charge in [-0.2, -0.15) is 11.3 Å². The summed E-state index contributed by atoms with van der Waals surface area (Å²) in [4.78, 5) is 11.3. The highest BCUT2D eigenvalue weighted by molar-refractivity contribution is 7.08. The maximum atomic E-state index is 11.3. The molecule has 0 aliphatic rings. The molecule has 0 bridgehead atoms. The van der Waals surface area contributed by atoms with E-state index in [0.29, 0.717) is 13.2 Å². The minimum atomic E-state index is -0.128. The topological polar surface area (TPSA) is 38.3 Å². The summed E-state index contributed by atoms with van der Waals surface area (Å²) >= 11 is 1.71. The van der Waals surface area contributed by atoms with E-state index in [0.717, 1.165) is 6.54 Å². The molecule has 0 saturated heterocycles. The number of nitrogens with one attached hydrogen (secondary N) is 1. The number of thiophene rings is 1. The number of esters is 1. The van der Waals surface area contributed by atoms with Gasteiger partial charge in [-0.15, -0.1) is 0 Å². The van der Waals surface area contributed by atoms with Gasteiger partial charge in [0.2, 0.25) is 0 Å². The molecule has 0 saturated carbocycles. The summed E-state index contributed by atoms with van der Waals surface area (Å²) < 4.78 is 4.94. The van der Waals surface area contributed by atoms with E-state index >= 15 is 0 Å². The molecule has 3 nitrogen and oxygen atoms in total. The van der Waals surface area contributed by atoms with Crippen LogP contribution in [0.3, 0.4) is 0 Å². The lowest BCUT2D eigenvalue weighted by molar-refractivity contribution is -0.147. The Morgan fingerprint density at radius 1 is 1.56 bits per heavy atom. The first-order chi connectivity index (χ1) is 7.65. The van der Waals surface area contributed by atoms with Crippen molar-refractivity contribution in [3.8, 4) is 0 Å². The number of hydrogen-bond donors (Lipinski definition) is 1. The molecule has 0 aliphatic carbocycles. The maximum Gasteiger partial charge on any atom is 0.309 e. The zero-order valence-electron chi connectivity index (χ0n) is 10.1. The molecule has 0 spiro atoms. The fraction of sp³-hybridized carbons (Fsp3) is 0.583. The van der Waals surface area contributed by atoms with Gasteiger partial charge in [-0.3, -0.25) is 4.79 Å². The molecule has 90 valence electrons. The Bertz CT molecular complexity index is 336. The van der Waals surface area contributed by atoms with Crippen molar-refractivity contribution in [2.24, 2.45) is 5.92 Å². The summed E-state index contributed by atoms with van der Waals surface area (Å²) in [7, 11) is 0. The third kappa shape index (κ3) is 3.94. The van der Waals surface area contributed by atoms with Gasteiger partial charge in [0.05, 0.1) is 12.5 Å². The van der Waals surface area contributed by atoms with Crippen molar-refractivity contribution in [3.05, 3.63) is 21.9 Å². The van der Waals surface area contributed by atoms with Crippen LogP contribution in [0.2, 0.25) is 0 Å². The number of carbonyl (C=O) groups is 1. The molecule has 4 heteroatoms. The normalized spacial score (nSPS) is 12.4. The van der Waals surface area contributed by atoms with Crippen molar-refractivity contribution in [2.45, 2.75) is 27.3 Å². The number of carbonyl (C=O) groups excluding carboxylic acids is 1. The van der Waals surface area contributed by atoms with Crippen LogP contribution in [0, 0.1) is 12.8 Å². The minimum Gasteiger partial charge on any atom is -0.466 e. The van der Waals surface area contributed by atoms with Gasteiger partial charge in [0, 0.05) is 13.1 Å². The quantitative estimate of drug-likeness (QED) is 0.777. The Labute approximate surface area is 101 Å². The monoisotopic (exact) mass is 241 g/mol. The van der Waals surface area contributed by atoms with Crippen molar-refractivity contribution in [1.82, 2.24) is 5.32 Å². The number of hydrogen-bond acceptors (Lipinski definition) is 4. The van der Waals surface area contributed by atoms with Gasteiger partial charge in [0.15, 0.2) is 0 Å². The van der Waals surface area contributed by atoms with Gasteiger partial charge in [0.1, 0.15) is 0 Å². The zero-order chi connectivity index (χ0) is 12.0. The van der Waals surface area contributed by atoms with E-state index in [9.17, 15) is 4.79 Å². The lowest BCUT2D eigenvalue weighted by Gasteiger charge is -2.11. The highest BCUT2D eigenvalue weighted by Crippen LogP contribution is 2.13. The molecule has 0 aromatic carbocycles. The van der Waals surface area contributed by atoms with E-state index in [4.69, 9.17) is 4.74 Å². The van der Waals surface area contributed by atoms with Crippen molar-refractivity contribution in [2.75, 3.05) is 13.2 Å². The van der Waals surface area contributed by atoms with Crippen molar-refractivity contribution in [1.29, 1.82) is 0 Å². The third-order valence-corrected chi connectivity index (χ3v) is 3.33. The summed E-state index contributed by atoms with van der Waals surface area (Å²) in [5.41, 5.74) is 2.61. The molecule has 1 atom stereocenters. The Morgan fingerprint density at radius 3 is 2.88 bits per heavy atom. The second kappa shape index (κ2) is 6.66. The summed E-state index contributed by atoms with van der Waals surface area (Å²) in [5.74, 6) is -0.212. The van der Waals surface area contributed by atoms with Gasteiger partial charge in [0.25, 0.3) is 0 Å². The lowest BCUT2D eigenvalue weighted by Crippen LogP contribution is -2.27. The molecule has 0 fully saturated rings. The smallest absolute Gasteiger partial charge is 0.309 e. The molecule has 1 aromatic heterocycles. The van der Waals surface area contributed by atoms with Gasteiger partial charge >= 0.3 is 5.97 Å². The largest absolute Gasteiger partial charge is 0.466 e. The first-order valence-corrected chi connectivity index (χ1v) is 6.48. The molecule has 1 unspecified atom stereocenters. The Kier molecular flexibility index (Phi) is 5.49. The maximum absolute atomic E-state index is 11.3. The standard InChI is InChI=1S/C12H19NO2S/c1-4-15-12(14)9(2)5-13-6-11-8-16-7-10(11)3/h7-9,13H,4-6H2,1-3H3. The summed E-state index contributed by atoms with van der Waals surface area (Å²) in [6.45, 7) is 7.74. The summed E-state index contributed by atoms with van der Waals surface area (Å²) in [6, 6.07) is 0. The molecular formula is C12H19NO2S. The highest BCUT2D eigenvalue weighted by Gasteiger charge is 2.13. The minimum absolute atomic E-state index is 0.0844. The number of ether oxygens (including phenoxy) is 1.